The van der Waals surface area contributed by atoms with Crippen LogP contribution in [0.15, 0.2) is 54.6 Å². The van der Waals surface area contributed by atoms with Gasteiger partial charge in [-0.3, -0.25) is 9.69 Å². The molecule has 0 aliphatic carbocycles. The number of urea groups is 1. The molecular weight excluding hydrogens is 322 g/mol. The average molecular weight is 337 g/mol. The highest BCUT2D eigenvalue weighted by molar-refractivity contribution is 7.20. The molecule has 1 aliphatic rings. The summed E-state index contributed by atoms with van der Waals surface area (Å²) in [7, 11) is 0. The van der Waals surface area contributed by atoms with Gasteiger partial charge in [0.1, 0.15) is 0 Å². The molecule has 6 heteroatoms. The van der Waals surface area contributed by atoms with E-state index < -0.39 is 0 Å². The van der Waals surface area contributed by atoms with Crippen LogP contribution in [0.1, 0.15) is 9.67 Å². The van der Waals surface area contributed by atoms with Crippen LogP contribution in [0.5, 0.6) is 0 Å². The summed E-state index contributed by atoms with van der Waals surface area (Å²) in [6.45, 7) is 1.32. The van der Waals surface area contributed by atoms with Crippen LogP contribution in [-0.2, 0) is 0 Å². The molecular formula is C18H15N3O2S. The molecule has 2 N–H and O–H groups in total. The molecule has 1 aliphatic heterocycles. The Morgan fingerprint density at radius 2 is 1.92 bits per heavy atom. The van der Waals surface area contributed by atoms with Crippen molar-refractivity contribution in [3.8, 4) is 0 Å². The van der Waals surface area contributed by atoms with E-state index in [0.717, 1.165) is 15.8 Å². The van der Waals surface area contributed by atoms with Gasteiger partial charge in [0.2, 0.25) is 0 Å². The van der Waals surface area contributed by atoms with Crippen molar-refractivity contribution in [2.24, 2.45) is 0 Å². The maximum Gasteiger partial charge on any atom is 0.321 e. The van der Waals surface area contributed by atoms with Gasteiger partial charge in [-0.15, -0.1) is 11.3 Å². The lowest BCUT2D eigenvalue weighted by molar-refractivity contribution is 0.103. The number of fused-ring (bicyclic) bond motifs is 1. The molecule has 0 spiro atoms. The predicted octanol–water partition coefficient (Wildman–Crippen LogP) is 3.68. The summed E-state index contributed by atoms with van der Waals surface area (Å²) >= 11 is 1.48. The number of benzene rings is 2. The summed E-state index contributed by atoms with van der Waals surface area (Å²) in [5, 5.41) is 6.74. The predicted molar refractivity (Wildman–Crippen MR) is 97.0 cm³/mol. The molecule has 4 rings (SSSR count). The van der Waals surface area contributed by atoms with Crippen molar-refractivity contribution in [1.82, 2.24) is 5.32 Å². The number of thiophene rings is 1. The fourth-order valence-electron chi connectivity index (χ4n) is 2.73. The second kappa shape index (κ2) is 5.98. The Labute approximate surface area is 142 Å². The molecule has 5 nitrogen and oxygen atoms in total. The minimum absolute atomic E-state index is 0.0861. The quantitative estimate of drug-likeness (QED) is 0.766. The summed E-state index contributed by atoms with van der Waals surface area (Å²) in [5.41, 5.74) is 1.53. The van der Waals surface area contributed by atoms with E-state index in [1.54, 1.807) is 4.90 Å². The lowest BCUT2D eigenvalue weighted by Crippen LogP contribution is -2.27. The molecule has 3 amide bonds. The van der Waals surface area contributed by atoms with Crippen LogP contribution in [0, 0.1) is 0 Å². The maximum absolute atomic E-state index is 12.4. The van der Waals surface area contributed by atoms with E-state index in [4.69, 9.17) is 0 Å². The number of carbonyl (C=O) groups excluding carboxylic acids is 2. The first-order valence-electron chi connectivity index (χ1n) is 7.66. The van der Waals surface area contributed by atoms with E-state index in [9.17, 15) is 9.59 Å². The highest BCUT2D eigenvalue weighted by Crippen LogP contribution is 2.26. The summed E-state index contributed by atoms with van der Waals surface area (Å²) in [6, 6.07) is 17.0. The molecule has 0 bridgehead atoms. The molecule has 1 aromatic heterocycles. The Hall–Kier alpha value is -2.86. The first kappa shape index (κ1) is 14.7. The van der Waals surface area contributed by atoms with E-state index in [1.165, 1.54) is 11.3 Å². The van der Waals surface area contributed by atoms with Crippen LogP contribution in [0.3, 0.4) is 0 Å². The van der Waals surface area contributed by atoms with Crippen LogP contribution < -0.4 is 15.5 Å². The summed E-state index contributed by atoms with van der Waals surface area (Å²) in [6.07, 6.45) is 0. The Bertz CT molecular complexity index is 884. The number of hydrogen-bond donors (Lipinski definition) is 2. The van der Waals surface area contributed by atoms with Gasteiger partial charge in [0.05, 0.1) is 4.88 Å². The van der Waals surface area contributed by atoms with Gasteiger partial charge in [-0.05, 0) is 41.8 Å². The minimum Gasteiger partial charge on any atom is -0.336 e. The third-order valence-corrected chi connectivity index (χ3v) is 5.06. The summed E-state index contributed by atoms with van der Waals surface area (Å²) < 4.78 is 1.10. The normalized spacial score (nSPS) is 14.0. The Morgan fingerprint density at radius 1 is 1.12 bits per heavy atom. The van der Waals surface area contributed by atoms with E-state index >= 15 is 0 Å². The lowest BCUT2D eigenvalue weighted by atomic mass is 10.2. The van der Waals surface area contributed by atoms with Crippen molar-refractivity contribution in [3.05, 3.63) is 59.5 Å². The van der Waals surface area contributed by atoms with Gasteiger partial charge in [0.15, 0.2) is 0 Å². The van der Waals surface area contributed by atoms with Crippen molar-refractivity contribution in [2.45, 2.75) is 0 Å². The molecule has 1 fully saturated rings. The summed E-state index contributed by atoms with van der Waals surface area (Å²) in [4.78, 5) is 26.4. The van der Waals surface area contributed by atoms with Gasteiger partial charge >= 0.3 is 6.03 Å². The van der Waals surface area contributed by atoms with Gasteiger partial charge < -0.3 is 10.6 Å². The van der Waals surface area contributed by atoms with E-state index in [2.05, 4.69) is 10.6 Å². The van der Waals surface area contributed by atoms with Crippen molar-refractivity contribution in [3.63, 3.8) is 0 Å². The second-order valence-electron chi connectivity index (χ2n) is 5.53. The number of carbonyl (C=O) groups is 2. The Kier molecular flexibility index (Phi) is 3.66. The highest BCUT2D eigenvalue weighted by Gasteiger charge is 2.20. The van der Waals surface area contributed by atoms with Crippen LogP contribution in [0.2, 0.25) is 0 Å². The van der Waals surface area contributed by atoms with Gasteiger partial charge in [-0.25, -0.2) is 4.79 Å². The second-order valence-corrected chi connectivity index (χ2v) is 6.62. The Morgan fingerprint density at radius 3 is 2.62 bits per heavy atom. The number of anilines is 2. The Balaban J connectivity index is 1.50. The molecule has 2 aromatic carbocycles. The zero-order chi connectivity index (χ0) is 16.5. The standard InChI is InChI=1S/C18H15N3O2S/c22-17(16-11-12-3-1-2-4-15(12)24-16)20-13-5-7-14(8-6-13)21-10-9-19-18(21)23/h1-8,11H,9-10H2,(H,19,23)(H,20,22). The number of rotatable bonds is 3. The molecule has 3 aromatic rings. The van der Waals surface area contributed by atoms with Gasteiger partial charge in [-0.2, -0.15) is 0 Å². The van der Waals surface area contributed by atoms with Gasteiger partial charge in [0.25, 0.3) is 5.91 Å². The minimum atomic E-state index is -0.122. The molecule has 0 saturated carbocycles. The van der Waals surface area contributed by atoms with Crippen molar-refractivity contribution in [1.29, 1.82) is 0 Å². The molecule has 120 valence electrons. The average Bonchev–Trinajstić information content (AvgIpc) is 3.21. The highest BCUT2D eigenvalue weighted by atomic mass is 32.1. The lowest BCUT2D eigenvalue weighted by Gasteiger charge is -2.14. The first-order valence-corrected chi connectivity index (χ1v) is 8.48. The zero-order valence-electron chi connectivity index (χ0n) is 12.8. The SMILES string of the molecule is O=C(Nc1ccc(N2CCNC2=O)cc1)c1cc2ccccc2s1. The number of hydrogen-bond acceptors (Lipinski definition) is 3. The zero-order valence-corrected chi connectivity index (χ0v) is 13.6. The van der Waals surface area contributed by atoms with Crippen LogP contribution >= 0.6 is 11.3 Å². The largest absolute Gasteiger partial charge is 0.336 e. The molecule has 0 unspecified atom stereocenters. The fourth-order valence-corrected chi connectivity index (χ4v) is 3.69. The maximum atomic E-state index is 12.4. The van der Waals surface area contributed by atoms with Crippen LogP contribution in [0.4, 0.5) is 16.2 Å². The van der Waals surface area contributed by atoms with E-state index in [1.807, 2.05) is 54.6 Å². The van der Waals surface area contributed by atoms with Gasteiger partial charge in [0, 0.05) is 29.2 Å². The number of amides is 3. The molecule has 24 heavy (non-hydrogen) atoms. The first-order chi connectivity index (χ1) is 11.7. The van der Waals surface area contributed by atoms with E-state index in [0.29, 0.717) is 23.7 Å². The third kappa shape index (κ3) is 2.72. The van der Waals surface area contributed by atoms with Crippen molar-refractivity contribution < 1.29 is 9.59 Å². The summed E-state index contributed by atoms with van der Waals surface area (Å²) in [5.74, 6) is -0.122. The van der Waals surface area contributed by atoms with Crippen LogP contribution in [0.25, 0.3) is 10.1 Å². The molecule has 0 radical (unpaired) electrons. The third-order valence-electron chi connectivity index (χ3n) is 3.94. The van der Waals surface area contributed by atoms with Crippen LogP contribution in [-0.4, -0.2) is 25.0 Å². The monoisotopic (exact) mass is 337 g/mol. The molecule has 1 saturated heterocycles. The molecule has 2 heterocycles. The van der Waals surface area contributed by atoms with E-state index in [-0.39, 0.29) is 11.9 Å². The topological polar surface area (TPSA) is 61.4 Å². The fraction of sp³-hybridized carbons (Fsp3) is 0.111. The van der Waals surface area contributed by atoms with Crippen molar-refractivity contribution >= 4 is 44.7 Å². The molecule has 0 atom stereocenters. The smallest absolute Gasteiger partial charge is 0.321 e. The van der Waals surface area contributed by atoms with Gasteiger partial charge in [-0.1, -0.05) is 18.2 Å². The number of nitrogens with one attached hydrogen (secondary N) is 2. The van der Waals surface area contributed by atoms with Crippen molar-refractivity contribution in [2.75, 3.05) is 23.3 Å². The number of nitrogens with zero attached hydrogens (tertiary/aromatic N) is 1.